The largest absolute Gasteiger partial charge is 0.444 e. The standard InChI is InChI=1S/C29H43F3N4O3/c1-27(2,3)39-26(38)35-17-12-28(13-18-35)11-6-14-36(28)20-22-7-8-23(29(30,31)32)19-24(22)34-15-9-21(10-16-34)25(37)33(4)5/h7-8,19,21H,6,9-18,20H2,1-5H3. The molecular weight excluding hydrogens is 509 g/mol. The van der Waals surface area contributed by atoms with Crippen LogP contribution in [0.15, 0.2) is 18.2 Å². The lowest BCUT2D eigenvalue weighted by Crippen LogP contribution is -2.53. The van der Waals surface area contributed by atoms with E-state index in [1.807, 2.05) is 25.7 Å². The zero-order valence-corrected chi connectivity index (χ0v) is 23.9. The van der Waals surface area contributed by atoms with E-state index in [1.54, 1.807) is 30.0 Å². The summed E-state index contributed by atoms with van der Waals surface area (Å²) >= 11 is 0. The quantitative estimate of drug-likeness (QED) is 0.503. The Kier molecular flexibility index (Phi) is 8.45. The van der Waals surface area contributed by atoms with Crippen LogP contribution in [0.5, 0.6) is 0 Å². The molecule has 4 rings (SSSR count). The lowest BCUT2D eigenvalue weighted by Gasteiger charge is -2.45. The van der Waals surface area contributed by atoms with Crippen LogP contribution in [0.1, 0.15) is 70.4 Å². The van der Waals surface area contributed by atoms with Gasteiger partial charge in [0.1, 0.15) is 5.60 Å². The van der Waals surface area contributed by atoms with E-state index in [2.05, 4.69) is 4.90 Å². The monoisotopic (exact) mass is 552 g/mol. The molecular formula is C29H43F3N4O3. The summed E-state index contributed by atoms with van der Waals surface area (Å²) in [5.74, 6) is -0.0156. The van der Waals surface area contributed by atoms with E-state index in [0.717, 1.165) is 37.8 Å². The third-order valence-corrected chi connectivity index (χ3v) is 8.49. The zero-order valence-electron chi connectivity index (χ0n) is 23.9. The number of carbonyl (C=O) groups excluding carboxylic acids is 2. The average molecular weight is 553 g/mol. The van der Waals surface area contributed by atoms with Crippen LogP contribution < -0.4 is 4.90 Å². The number of likely N-dealkylation sites (tertiary alicyclic amines) is 2. The van der Waals surface area contributed by atoms with Crippen molar-refractivity contribution in [1.29, 1.82) is 0 Å². The van der Waals surface area contributed by atoms with Gasteiger partial charge in [-0.25, -0.2) is 4.79 Å². The van der Waals surface area contributed by atoms with Crippen molar-refractivity contribution in [2.45, 2.75) is 83.2 Å². The van der Waals surface area contributed by atoms with Gasteiger partial charge in [0.15, 0.2) is 0 Å². The summed E-state index contributed by atoms with van der Waals surface area (Å²) in [6.07, 6.45) is 0.227. The fourth-order valence-corrected chi connectivity index (χ4v) is 6.35. The fourth-order valence-electron chi connectivity index (χ4n) is 6.35. The van der Waals surface area contributed by atoms with Gasteiger partial charge in [-0.15, -0.1) is 0 Å². The summed E-state index contributed by atoms with van der Waals surface area (Å²) in [5, 5.41) is 0. The smallest absolute Gasteiger partial charge is 0.416 e. The minimum atomic E-state index is -4.42. The Morgan fingerprint density at radius 1 is 1.00 bits per heavy atom. The molecule has 0 unspecified atom stereocenters. The van der Waals surface area contributed by atoms with Crippen LogP contribution in [-0.4, -0.2) is 84.7 Å². The van der Waals surface area contributed by atoms with Gasteiger partial charge in [-0.3, -0.25) is 9.69 Å². The number of amides is 2. The molecule has 39 heavy (non-hydrogen) atoms. The number of halogens is 3. The number of hydrogen-bond acceptors (Lipinski definition) is 5. The summed E-state index contributed by atoms with van der Waals surface area (Å²) in [6.45, 7) is 9.35. The van der Waals surface area contributed by atoms with Gasteiger partial charge in [0.05, 0.1) is 5.56 Å². The van der Waals surface area contributed by atoms with Crippen molar-refractivity contribution in [2.75, 3.05) is 51.7 Å². The number of carbonyl (C=O) groups is 2. The second-order valence-electron chi connectivity index (χ2n) is 12.6. The van der Waals surface area contributed by atoms with Crippen LogP contribution in [-0.2, 0) is 22.3 Å². The Labute approximate surface area is 230 Å². The lowest BCUT2D eigenvalue weighted by atomic mass is 9.84. The molecule has 0 saturated carbocycles. The zero-order chi connectivity index (χ0) is 28.6. The Hall–Kier alpha value is -2.49. The van der Waals surface area contributed by atoms with E-state index in [0.29, 0.717) is 51.3 Å². The maximum absolute atomic E-state index is 13.7. The summed E-state index contributed by atoms with van der Waals surface area (Å²) in [5.41, 5.74) is 0.252. The number of benzene rings is 1. The third kappa shape index (κ3) is 6.81. The number of rotatable bonds is 4. The molecule has 2 amide bonds. The van der Waals surface area contributed by atoms with E-state index < -0.39 is 17.3 Å². The number of nitrogens with zero attached hydrogens (tertiary/aromatic N) is 4. The summed E-state index contributed by atoms with van der Waals surface area (Å²) < 4.78 is 46.7. The van der Waals surface area contributed by atoms with E-state index in [4.69, 9.17) is 4.74 Å². The van der Waals surface area contributed by atoms with Crippen LogP contribution in [0.2, 0.25) is 0 Å². The summed E-state index contributed by atoms with van der Waals surface area (Å²) in [4.78, 5) is 32.9. The first-order valence-electron chi connectivity index (χ1n) is 14.1. The molecule has 3 saturated heterocycles. The van der Waals surface area contributed by atoms with Crippen molar-refractivity contribution in [1.82, 2.24) is 14.7 Å². The Morgan fingerprint density at radius 3 is 2.21 bits per heavy atom. The normalized spacial score (nSPS) is 20.9. The minimum Gasteiger partial charge on any atom is -0.444 e. The minimum absolute atomic E-state index is 0.0659. The van der Waals surface area contributed by atoms with Gasteiger partial charge in [-0.1, -0.05) is 6.07 Å². The molecule has 3 aliphatic rings. The fraction of sp³-hybridized carbons (Fsp3) is 0.724. The van der Waals surface area contributed by atoms with Crippen molar-refractivity contribution in [3.05, 3.63) is 29.3 Å². The second-order valence-corrected chi connectivity index (χ2v) is 12.6. The molecule has 0 N–H and O–H groups in total. The second kappa shape index (κ2) is 11.2. The van der Waals surface area contributed by atoms with Gasteiger partial charge in [0.2, 0.25) is 5.91 Å². The Morgan fingerprint density at radius 2 is 1.64 bits per heavy atom. The van der Waals surface area contributed by atoms with Crippen molar-refractivity contribution < 1.29 is 27.5 Å². The highest BCUT2D eigenvalue weighted by molar-refractivity contribution is 5.78. The maximum atomic E-state index is 13.7. The van der Waals surface area contributed by atoms with Gasteiger partial charge in [0.25, 0.3) is 0 Å². The van der Waals surface area contributed by atoms with Crippen molar-refractivity contribution in [2.24, 2.45) is 5.92 Å². The molecule has 10 heteroatoms. The van der Waals surface area contributed by atoms with Gasteiger partial charge < -0.3 is 19.4 Å². The number of piperidine rings is 2. The van der Waals surface area contributed by atoms with Crippen LogP contribution in [0, 0.1) is 5.92 Å². The SMILES string of the molecule is CN(C)C(=O)C1CCN(c2cc(C(F)(F)F)ccc2CN2CCCC23CCN(C(=O)OC(C)(C)C)CC3)CC1. The number of ether oxygens (including phenoxy) is 1. The van der Waals surface area contributed by atoms with Gasteiger partial charge in [-0.2, -0.15) is 13.2 Å². The molecule has 0 aromatic heterocycles. The van der Waals surface area contributed by atoms with Crippen LogP contribution in [0.4, 0.5) is 23.7 Å². The maximum Gasteiger partial charge on any atom is 0.416 e. The molecule has 7 nitrogen and oxygen atoms in total. The molecule has 218 valence electrons. The highest BCUT2D eigenvalue weighted by atomic mass is 19.4. The first-order valence-corrected chi connectivity index (χ1v) is 14.1. The predicted octanol–water partition coefficient (Wildman–Crippen LogP) is 5.38. The average Bonchev–Trinajstić information content (AvgIpc) is 3.23. The van der Waals surface area contributed by atoms with Crippen molar-refractivity contribution in [3.8, 4) is 0 Å². The van der Waals surface area contributed by atoms with Gasteiger partial charge in [0, 0.05) is 64.0 Å². The third-order valence-electron chi connectivity index (χ3n) is 8.49. The number of anilines is 1. The van der Waals surface area contributed by atoms with Crippen LogP contribution in [0.3, 0.4) is 0 Å². The molecule has 3 heterocycles. The highest BCUT2D eigenvalue weighted by Crippen LogP contribution is 2.42. The molecule has 1 aromatic rings. The summed E-state index contributed by atoms with van der Waals surface area (Å²) in [7, 11) is 3.48. The van der Waals surface area contributed by atoms with Gasteiger partial charge >= 0.3 is 12.3 Å². The van der Waals surface area contributed by atoms with E-state index in [-0.39, 0.29) is 23.5 Å². The van der Waals surface area contributed by atoms with Crippen LogP contribution >= 0.6 is 0 Å². The molecule has 0 aliphatic carbocycles. The number of alkyl halides is 3. The predicted molar refractivity (Wildman–Crippen MR) is 144 cm³/mol. The van der Waals surface area contributed by atoms with Crippen molar-refractivity contribution >= 4 is 17.7 Å². The Balaban J connectivity index is 1.50. The molecule has 1 spiro atoms. The van der Waals surface area contributed by atoms with Crippen LogP contribution in [0.25, 0.3) is 0 Å². The molecule has 1 aromatic carbocycles. The van der Waals surface area contributed by atoms with E-state index in [9.17, 15) is 22.8 Å². The molecule has 0 bridgehead atoms. The lowest BCUT2D eigenvalue weighted by molar-refractivity contribution is -0.137. The van der Waals surface area contributed by atoms with E-state index >= 15 is 0 Å². The van der Waals surface area contributed by atoms with E-state index in [1.165, 1.54) is 12.1 Å². The molecule has 0 radical (unpaired) electrons. The number of hydrogen-bond donors (Lipinski definition) is 0. The first kappa shape index (κ1) is 29.5. The molecule has 3 aliphatic heterocycles. The molecule has 0 atom stereocenters. The first-order chi connectivity index (χ1) is 18.2. The highest BCUT2D eigenvalue weighted by Gasteiger charge is 2.44. The Bertz CT molecular complexity index is 1040. The summed E-state index contributed by atoms with van der Waals surface area (Å²) in [6, 6.07) is 4.11. The molecule has 3 fully saturated rings. The topological polar surface area (TPSA) is 56.3 Å². The van der Waals surface area contributed by atoms with Gasteiger partial charge in [-0.05, 0) is 83.5 Å². The van der Waals surface area contributed by atoms with Crippen molar-refractivity contribution in [3.63, 3.8) is 0 Å².